The molecule has 0 unspecified atom stereocenters. The molecule has 15 heavy (non-hydrogen) atoms. The molecule has 0 aliphatic rings. The van der Waals surface area contributed by atoms with Gasteiger partial charge in [-0.25, -0.2) is 8.42 Å². The molecule has 1 aromatic carbocycles. The first-order valence-electron chi connectivity index (χ1n) is 3.41. The normalized spacial score (nSPS) is 9.73. The SMILES string of the molecule is O=[SH](=O)c1ccccc1.O=[S](=O)([O-])[AlH2].[K+]. The first-order valence-corrected chi connectivity index (χ1v) is 8.85. The van der Waals surface area contributed by atoms with E-state index < -0.39 is 19.2 Å². The maximum Gasteiger partial charge on any atom is 1.00 e. The molecule has 0 amide bonds. The predicted octanol–water partition coefficient (Wildman–Crippen LogP) is -4.26. The Hall–Kier alpha value is 1.25. The number of benzene rings is 1. The summed E-state index contributed by atoms with van der Waals surface area (Å²) in [5.74, 6) is 0. The van der Waals surface area contributed by atoms with Crippen LogP contribution < -0.4 is 51.4 Å². The molecule has 0 N–H and O–H groups in total. The van der Waals surface area contributed by atoms with Crippen molar-refractivity contribution in [2.24, 2.45) is 0 Å². The fraction of sp³-hybridized carbons (Fsp3) is 0. The largest absolute Gasteiger partial charge is 1.00 e. The minimum absolute atomic E-state index is 0. The Labute approximate surface area is 140 Å². The molecule has 1 aromatic rings. The van der Waals surface area contributed by atoms with Gasteiger partial charge in [-0.3, -0.25) is 8.42 Å². The molecular formula is C6H8AlKO5S2. The molecular weight excluding hydrogens is 282 g/mol. The summed E-state index contributed by atoms with van der Waals surface area (Å²) in [7, 11) is -6.17. The Morgan fingerprint density at radius 3 is 1.67 bits per heavy atom. The molecule has 0 radical (unpaired) electrons. The number of hydrogen-bond acceptors (Lipinski definition) is 5. The van der Waals surface area contributed by atoms with E-state index in [4.69, 9.17) is 13.0 Å². The van der Waals surface area contributed by atoms with E-state index in [1.807, 2.05) is 0 Å². The van der Waals surface area contributed by atoms with Crippen LogP contribution in [-0.2, 0) is 19.2 Å². The van der Waals surface area contributed by atoms with Gasteiger partial charge in [0.15, 0.2) is 10.7 Å². The summed E-state index contributed by atoms with van der Waals surface area (Å²) in [6.45, 7) is 0. The first-order chi connectivity index (χ1) is 6.30. The molecule has 78 valence electrons. The van der Waals surface area contributed by atoms with Crippen LogP contribution in [0.4, 0.5) is 0 Å². The monoisotopic (exact) mass is 290 g/mol. The summed E-state index contributed by atoms with van der Waals surface area (Å²) >= 11 is -0.275. The van der Waals surface area contributed by atoms with Gasteiger partial charge >= 0.3 is 66.5 Å². The van der Waals surface area contributed by atoms with Gasteiger partial charge < -0.3 is 4.55 Å². The van der Waals surface area contributed by atoms with Crippen molar-refractivity contribution in [2.45, 2.75) is 4.90 Å². The fourth-order valence-corrected chi connectivity index (χ4v) is 0.965. The minimum atomic E-state index is -3.78. The second kappa shape index (κ2) is 9.30. The van der Waals surface area contributed by atoms with Crippen LogP contribution >= 0.6 is 0 Å². The molecule has 0 spiro atoms. The molecule has 5 nitrogen and oxygen atoms in total. The summed E-state index contributed by atoms with van der Waals surface area (Å²) in [6, 6.07) is 8.29. The number of thiol groups is 1. The Morgan fingerprint density at radius 2 is 1.47 bits per heavy atom. The van der Waals surface area contributed by atoms with Gasteiger partial charge in [-0.1, -0.05) is 18.2 Å². The third-order valence-electron chi connectivity index (χ3n) is 0.967. The quantitative estimate of drug-likeness (QED) is 0.321. The van der Waals surface area contributed by atoms with E-state index in [9.17, 15) is 8.42 Å². The van der Waals surface area contributed by atoms with E-state index in [2.05, 4.69) is 0 Å². The van der Waals surface area contributed by atoms with Crippen LogP contribution in [0, 0.1) is 0 Å². The summed E-state index contributed by atoms with van der Waals surface area (Å²) in [6.07, 6.45) is 0. The van der Waals surface area contributed by atoms with Crippen LogP contribution in [0.2, 0.25) is 0 Å². The van der Waals surface area contributed by atoms with Gasteiger partial charge in [0.2, 0.25) is 0 Å². The zero-order valence-corrected chi connectivity index (χ0v) is 15.1. The Kier molecular flexibility index (Phi) is 11.5. The molecule has 0 aliphatic carbocycles. The van der Waals surface area contributed by atoms with Gasteiger partial charge in [0.1, 0.15) is 0 Å². The average Bonchev–Trinajstić information content (AvgIpc) is 2.03. The maximum atomic E-state index is 10.2. The summed E-state index contributed by atoms with van der Waals surface area (Å²) in [4.78, 5) is 0.368. The minimum Gasteiger partial charge on any atom is -0.766 e. The van der Waals surface area contributed by atoms with E-state index in [1.54, 1.807) is 30.3 Å². The summed E-state index contributed by atoms with van der Waals surface area (Å²) < 4.78 is 47.9. The van der Waals surface area contributed by atoms with Crippen molar-refractivity contribution < 1.29 is 72.8 Å². The van der Waals surface area contributed by atoms with Gasteiger partial charge in [-0.05, 0) is 20.6 Å². The number of rotatable bonds is 1. The Balaban J connectivity index is 0. The molecule has 0 bridgehead atoms. The zero-order chi connectivity index (χ0) is 11.2. The van der Waals surface area contributed by atoms with Gasteiger partial charge in [-0.2, -0.15) is 0 Å². The van der Waals surface area contributed by atoms with E-state index in [0.29, 0.717) is 4.90 Å². The fourth-order valence-electron chi connectivity index (χ4n) is 0.550. The van der Waals surface area contributed by atoms with E-state index in [0.717, 1.165) is 0 Å². The van der Waals surface area contributed by atoms with Crippen LogP contribution in [0.15, 0.2) is 35.2 Å². The van der Waals surface area contributed by atoms with Crippen LogP contribution in [0.25, 0.3) is 0 Å². The van der Waals surface area contributed by atoms with Crippen LogP contribution in [0.1, 0.15) is 0 Å². The van der Waals surface area contributed by atoms with Crippen molar-refractivity contribution in [1.29, 1.82) is 0 Å². The second-order valence-electron chi connectivity index (χ2n) is 2.30. The topological polar surface area (TPSA) is 91.3 Å². The molecule has 0 aliphatic heterocycles. The first kappa shape index (κ1) is 18.6. The molecule has 0 atom stereocenters. The van der Waals surface area contributed by atoms with Crippen LogP contribution in [0.3, 0.4) is 0 Å². The van der Waals surface area contributed by atoms with Crippen molar-refractivity contribution in [3.63, 3.8) is 0 Å². The van der Waals surface area contributed by atoms with Gasteiger partial charge in [-0.15, -0.1) is 0 Å². The van der Waals surface area contributed by atoms with Crippen molar-refractivity contribution in [3.8, 4) is 0 Å². The third kappa shape index (κ3) is 15.2. The van der Waals surface area contributed by atoms with Crippen molar-refractivity contribution in [1.82, 2.24) is 0 Å². The molecule has 0 saturated carbocycles. The summed E-state index contributed by atoms with van der Waals surface area (Å²) in [5.41, 5.74) is 0. The number of hydrogen-bond donors (Lipinski definition) is 1. The molecule has 9 heteroatoms. The molecule has 0 saturated heterocycles. The van der Waals surface area contributed by atoms with E-state index in [1.165, 1.54) is 0 Å². The average molecular weight is 290 g/mol. The van der Waals surface area contributed by atoms with Crippen molar-refractivity contribution >= 4 is 34.3 Å². The molecule has 0 fully saturated rings. The van der Waals surface area contributed by atoms with Gasteiger partial charge in [0.05, 0.1) is 4.90 Å². The van der Waals surface area contributed by atoms with Crippen LogP contribution in [-0.4, -0.2) is 36.5 Å². The maximum absolute atomic E-state index is 10.2. The Bertz CT molecular complexity index is 426. The molecule has 1 rings (SSSR count). The Morgan fingerprint density at radius 1 is 1.13 bits per heavy atom. The molecule has 0 aromatic heterocycles. The van der Waals surface area contributed by atoms with Gasteiger partial charge in [0, 0.05) is 0 Å². The van der Waals surface area contributed by atoms with E-state index >= 15 is 0 Å². The van der Waals surface area contributed by atoms with Crippen LogP contribution in [0.5, 0.6) is 0 Å². The summed E-state index contributed by atoms with van der Waals surface area (Å²) in [5, 5.41) is 0. The predicted molar refractivity (Wildman–Crippen MR) is 53.3 cm³/mol. The van der Waals surface area contributed by atoms with Crippen molar-refractivity contribution in [3.05, 3.63) is 30.3 Å². The van der Waals surface area contributed by atoms with E-state index in [-0.39, 0.29) is 66.5 Å². The second-order valence-corrected chi connectivity index (χ2v) is 7.74. The third-order valence-corrected chi connectivity index (χ3v) is 1.69. The van der Waals surface area contributed by atoms with Crippen molar-refractivity contribution in [2.75, 3.05) is 0 Å². The molecule has 0 heterocycles. The van der Waals surface area contributed by atoms with Gasteiger partial charge in [0.25, 0.3) is 0 Å². The zero-order valence-electron chi connectivity index (χ0n) is 8.28. The standard InChI is InChI=1S/C6H6O2S.Al.K.O3S.2H/c7-9(8)6-4-2-1-3-5-6;;;1-4(2)3;;/h1-5,9H;;;;;/q;;+1;-1;;. The smallest absolute Gasteiger partial charge is 0.766 e.